The van der Waals surface area contributed by atoms with Crippen molar-refractivity contribution >= 4 is 11.9 Å². The maximum atomic E-state index is 12.6. The van der Waals surface area contributed by atoms with Crippen LogP contribution >= 0.6 is 0 Å². The standard InChI is InChI=1S/C17H18F3N5O3/c18-17(19,20)11-4-5-13(21-8-11)25-9-12(23-24-25)14(26)22-10-16(15(27)28)6-2-1-3-7-16/h4-5,8-9H,1-3,6-7,10H2,(H,22,26)(H,27,28). The molecule has 2 N–H and O–H groups in total. The highest BCUT2D eigenvalue weighted by molar-refractivity contribution is 5.92. The number of nitrogens with zero attached hydrogens (tertiary/aromatic N) is 4. The number of carbonyl (C=O) groups is 2. The Balaban J connectivity index is 1.68. The number of carboxylic acids is 1. The number of carboxylic acid groups (broad SMARTS) is 1. The Morgan fingerprint density at radius 2 is 1.93 bits per heavy atom. The highest BCUT2D eigenvalue weighted by Gasteiger charge is 2.40. The third-order valence-electron chi connectivity index (χ3n) is 4.89. The third kappa shape index (κ3) is 4.12. The lowest BCUT2D eigenvalue weighted by molar-refractivity contribution is -0.150. The Hall–Kier alpha value is -2.98. The monoisotopic (exact) mass is 397 g/mol. The fourth-order valence-corrected chi connectivity index (χ4v) is 3.20. The van der Waals surface area contributed by atoms with Crippen LogP contribution in [-0.2, 0) is 11.0 Å². The second kappa shape index (κ2) is 7.56. The van der Waals surface area contributed by atoms with Gasteiger partial charge in [0.05, 0.1) is 17.2 Å². The molecule has 3 rings (SSSR count). The lowest BCUT2D eigenvalue weighted by Crippen LogP contribution is -2.44. The van der Waals surface area contributed by atoms with Gasteiger partial charge in [-0.3, -0.25) is 9.59 Å². The molecule has 150 valence electrons. The van der Waals surface area contributed by atoms with Gasteiger partial charge in [-0.2, -0.15) is 13.2 Å². The number of amides is 1. The van der Waals surface area contributed by atoms with Gasteiger partial charge in [0.25, 0.3) is 5.91 Å². The zero-order valence-corrected chi connectivity index (χ0v) is 14.7. The molecule has 0 atom stereocenters. The van der Waals surface area contributed by atoms with Crippen LogP contribution in [0.4, 0.5) is 13.2 Å². The summed E-state index contributed by atoms with van der Waals surface area (Å²) in [5.74, 6) is -1.48. The highest BCUT2D eigenvalue weighted by atomic mass is 19.4. The maximum Gasteiger partial charge on any atom is 0.417 e. The summed E-state index contributed by atoms with van der Waals surface area (Å²) < 4.78 is 38.8. The van der Waals surface area contributed by atoms with Crippen molar-refractivity contribution in [2.45, 2.75) is 38.3 Å². The first kappa shape index (κ1) is 19.8. The number of hydrogen-bond donors (Lipinski definition) is 2. The molecule has 0 radical (unpaired) electrons. The Morgan fingerprint density at radius 1 is 1.21 bits per heavy atom. The molecule has 11 heteroatoms. The number of alkyl halides is 3. The van der Waals surface area contributed by atoms with Crippen molar-refractivity contribution in [1.29, 1.82) is 0 Å². The van der Waals surface area contributed by atoms with Crippen LogP contribution in [-0.4, -0.2) is 43.5 Å². The zero-order chi connectivity index (χ0) is 20.4. The van der Waals surface area contributed by atoms with Crippen molar-refractivity contribution in [1.82, 2.24) is 25.3 Å². The van der Waals surface area contributed by atoms with Crippen molar-refractivity contribution in [2.24, 2.45) is 5.41 Å². The second-order valence-electron chi connectivity index (χ2n) is 6.78. The van der Waals surface area contributed by atoms with Crippen LogP contribution in [0.15, 0.2) is 24.5 Å². The molecule has 0 bridgehead atoms. The van der Waals surface area contributed by atoms with Gasteiger partial charge in [0.2, 0.25) is 0 Å². The van der Waals surface area contributed by atoms with Crippen LogP contribution in [0, 0.1) is 5.41 Å². The van der Waals surface area contributed by atoms with E-state index >= 15 is 0 Å². The number of aliphatic carboxylic acids is 1. The average Bonchev–Trinajstić information content (AvgIpc) is 3.16. The van der Waals surface area contributed by atoms with E-state index in [1.807, 2.05) is 0 Å². The molecule has 1 aliphatic rings. The van der Waals surface area contributed by atoms with Gasteiger partial charge in [-0.05, 0) is 25.0 Å². The van der Waals surface area contributed by atoms with Crippen molar-refractivity contribution < 1.29 is 27.9 Å². The predicted octanol–water partition coefficient (Wildman–Crippen LogP) is 2.45. The van der Waals surface area contributed by atoms with Gasteiger partial charge < -0.3 is 10.4 Å². The van der Waals surface area contributed by atoms with Crippen LogP contribution < -0.4 is 5.32 Å². The minimum Gasteiger partial charge on any atom is -0.481 e. The molecule has 2 heterocycles. The van der Waals surface area contributed by atoms with Crippen molar-refractivity contribution in [3.63, 3.8) is 0 Å². The molecular weight excluding hydrogens is 379 g/mol. The third-order valence-corrected chi connectivity index (χ3v) is 4.89. The summed E-state index contributed by atoms with van der Waals surface area (Å²) in [4.78, 5) is 27.6. The van der Waals surface area contributed by atoms with Gasteiger partial charge in [0.1, 0.15) is 0 Å². The van der Waals surface area contributed by atoms with Crippen molar-refractivity contribution in [3.8, 4) is 5.82 Å². The van der Waals surface area contributed by atoms with Crippen LogP contribution in [0.2, 0.25) is 0 Å². The van der Waals surface area contributed by atoms with Gasteiger partial charge in [-0.15, -0.1) is 5.10 Å². The minimum absolute atomic E-state index is 0.0213. The Bertz CT molecular complexity index is 858. The van der Waals surface area contributed by atoms with Crippen molar-refractivity contribution in [3.05, 3.63) is 35.8 Å². The summed E-state index contributed by atoms with van der Waals surface area (Å²) >= 11 is 0. The molecule has 1 aliphatic carbocycles. The van der Waals surface area contributed by atoms with E-state index in [2.05, 4.69) is 20.6 Å². The first-order valence-electron chi connectivity index (χ1n) is 8.69. The van der Waals surface area contributed by atoms with Crippen LogP contribution in [0.25, 0.3) is 5.82 Å². The summed E-state index contributed by atoms with van der Waals surface area (Å²) in [7, 11) is 0. The Kier molecular flexibility index (Phi) is 5.34. The molecule has 1 amide bonds. The van der Waals surface area contributed by atoms with E-state index < -0.39 is 29.0 Å². The van der Waals surface area contributed by atoms with Crippen molar-refractivity contribution in [2.75, 3.05) is 6.54 Å². The molecule has 0 saturated heterocycles. The highest BCUT2D eigenvalue weighted by Crippen LogP contribution is 2.36. The Labute approximate surface area is 157 Å². The number of pyridine rings is 1. The van der Waals surface area contributed by atoms with E-state index in [0.29, 0.717) is 19.0 Å². The number of hydrogen-bond acceptors (Lipinski definition) is 5. The summed E-state index contributed by atoms with van der Waals surface area (Å²) in [5, 5.41) is 19.5. The molecular formula is C17H18F3N5O3. The van der Waals surface area contributed by atoms with E-state index in [4.69, 9.17) is 0 Å². The molecule has 2 aromatic heterocycles. The van der Waals surface area contributed by atoms with E-state index in [1.165, 1.54) is 6.20 Å². The number of halogens is 3. The zero-order valence-electron chi connectivity index (χ0n) is 14.7. The fourth-order valence-electron chi connectivity index (χ4n) is 3.20. The van der Waals surface area contributed by atoms with Gasteiger partial charge >= 0.3 is 12.1 Å². The van der Waals surface area contributed by atoms with Crippen LogP contribution in [0.3, 0.4) is 0 Å². The smallest absolute Gasteiger partial charge is 0.417 e. The van der Waals surface area contributed by atoms with E-state index in [9.17, 15) is 27.9 Å². The molecule has 0 spiro atoms. The minimum atomic E-state index is -4.50. The molecule has 0 aliphatic heterocycles. The Morgan fingerprint density at radius 3 is 2.50 bits per heavy atom. The summed E-state index contributed by atoms with van der Waals surface area (Å²) in [6.07, 6.45) is 0.913. The van der Waals surface area contributed by atoms with Gasteiger partial charge in [0.15, 0.2) is 11.5 Å². The van der Waals surface area contributed by atoms with Gasteiger partial charge in [0, 0.05) is 12.7 Å². The van der Waals surface area contributed by atoms with E-state index in [0.717, 1.165) is 36.1 Å². The first-order valence-corrected chi connectivity index (χ1v) is 8.69. The lowest BCUT2D eigenvalue weighted by Gasteiger charge is -2.33. The molecule has 0 unspecified atom stereocenters. The molecule has 28 heavy (non-hydrogen) atoms. The molecule has 2 aromatic rings. The lowest BCUT2D eigenvalue weighted by atomic mass is 9.74. The van der Waals surface area contributed by atoms with Gasteiger partial charge in [-0.1, -0.05) is 24.5 Å². The molecule has 1 fully saturated rings. The maximum absolute atomic E-state index is 12.6. The summed E-state index contributed by atoms with van der Waals surface area (Å²) in [6, 6.07) is 1.96. The molecule has 8 nitrogen and oxygen atoms in total. The number of nitrogens with one attached hydrogen (secondary N) is 1. The number of aromatic nitrogens is 4. The van der Waals surface area contributed by atoms with Crippen LogP contribution in [0.1, 0.15) is 48.2 Å². The SMILES string of the molecule is O=C(NCC1(C(=O)O)CCCCC1)c1cn(-c2ccc(C(F)(F)F)cn2)nn1. The molecule has 0 aromatic carbocycles. The number of rotatable bonds is 5. The first-order chi connectivity index (χ1) is 13.2. The summed E-state index contributed by atoms with van der Waals surface area (Å²) in [5.41, 5.74) is -1.97. The quantitative estimate of drug-likeness (QED) is 0.802. The van der Waals surface area contributed by atoms with Crippen LogP contribution in [0.5, 0.6) is 0 Å². The fraction of sp³-hybridized carbons (Fsp3) is 0.471. The predicted molar refractivity (Wildman–Crippen MR) is 89.6 cm³/mol. The van der Waals surface area contributed by atoms with E-state index in [1.54, 1.807) is 0 Å². The summed E-state index contributed by atoms with van der Waals surface area (Å²) in [6.45, 7) is -0.0213. The number of carbonyl (C=O) groups excluding carboxylic acids is 1. The molecule has 1 saturated carbocycles. The second-order valence-corrected chi connectivity index (χ2v) is 6.78. The normalized spacial score (nSPS) is 16.5. The average molecular weight is 397 g/mol. The van der Waals surface area contributed by atoms with Gasteiger partial charge in [-0.25, -0.2) is 9.67 Å². The largest absolute Gasteiger partial charge is 0.481 e. The topological polar surface area (TPSA) is 110 Å². The van der Waals surface area contributed by atoms with E-state index in [-0.39, 0.29) is 18.1 Å².